The number of aliphatic hydroxyl groups is 1. The molecule has 1 saturated carbocycles. The molecule has 0 saturated heterocycles. The van der Waals surface area contributed by atoms with E-state index in [1.54, 1.807) is 0 Å². The van der Waals surface area contributed by atoms with Gasteiger partial charge in [-0.1, -0.05) is 51.5 Å². The zero-order chi connectivity index (χ0) is 11.8. The monoisotopic (exact) mass is 218 g/mol. The minimum absolute atomic E-state index is 0.125. The van der Waals surface area contributed by atoms with Gasteiger partial charge in [-0.3, -0.25) is 0 Å². The maximum Gasteiger partial charge on any atom is 0.0608 e. The standard InChI is InChI=1S/C15H22O/c1-15(2,3)12-9-7-11(8-10-12)13-5-4-6-14(13)16/h7-10,13-14,16H,4-6H2,1-3H3/t13-,14+/m1/s1. The predicted octanol–water partition coefficient (Wildman–Crippen LogP) is 3.61. The summed E-state index contributed by atoms with van der Waals surface area (Å²) in [6.07, 6.45) is 3.13. The second-order valence-corrected chi connectivity index (χ2v) is 5.98. The Morgan fingerprint density at radius 1 is 1.06 bits per heavy atom. The topological polar surface area (TPSA) is 20.2 Å². The van der Waals surface area contributed by atoms with Crippen molar-refractivity contribution >= 4 is 0 Å². The number of hydrogen-bond acceptors (Lipinski definition) is 1. The molecule has 2 rings (SSSR count). The summed E-state index contributed by atoms with van der Waals surface area (Å²) in [6.45, 7) is 6.69. The van der Waals surface area contributed by atoms with Crippen molar-refractivity contribution in [2.75, 3.05) is 0 Å². The van der Waals surface area contributed by atoms with Crippen LogP contribution in [0.4, 0.5) is 0 Å². The molecule has 0 heterocycles. The molecule has 0 aromatic heterocycles. The van der Waals surface area contributed by atoms with E-state index in [2.05, 4.69) is 45.0 Å². The van der Waals surface area contributed by atoms with Gasteiger partial charge < -0.3 is 5.11 Å². The summed E-state index contributed by atoms with van der Waals surface area (Å²) in [5.41, 5.74) is 2.88. The average Bonchev–Trinajstić information content (AvgIpc) is 2.63. The lowest BCUT2D eigenvalue weighted by Crippen LogP contribution is -2.13. The lowest BCUT2D eigenvalue weighted by molar-refractivity contribution is 0.164. The summed E-state index contributed by atoms with van der Waals surface area (Å²) in [6, 6.07) is 8.81. The second kappa shape index (κ2) is 4.21. The summed E-state index contributed by atoms with van der Waals surface area (Å²) >= 11 is 0. The lowest BCUT2D eigenvalue weighted by Gasteiger charge is -2.21. The molecule has 1 fully saturated rings. The van der Waals surface area contributed by atoms with Gasteiger partial charge in [0, 0.05) is 5.92 Å². The summed E-state index contributed by atoms with van der Waals surface area (Å²) in [4.78, 5) is 0. The van der Waals surface area contributed by atoms with Crippen LogP contribution in [0.2, 0.25) is 0 Å². The number of benzene rings is 1. The van der Waals surface area contributed by atoms with Crippen LogP contribution in [-0.4, -0.2) is 11.2 Å². The van der Waals surface area contributed by atoms with Gasteiger partial charge >= 0.3 is 0 Å². The van der Waals surface area contributed by atoms with Crippen molar-refractivity contribution in [3.8, 4) is 0 Å². The third kappa shape index (κ3) is 2.30. The van der Waals surface area contributed by atoms with E-state index in [1.165, 1.54) is 11.1 Å². The van der Waals surface area contributed by atoms with Gasteiger partial charge in [0.1, 0.15) is 0 Å². The predicted molar refractivity (Wildman–Crippen MR) is 67.7 cm³/mol. The van der Waals surface area contributed by atoms with E-state index in [9.17, 15) is 5.11 Å². The van der Waals surface area contributed by atoms with E-state index in [0.29, 0.717) is 5.92 Å². The summed E-state index contributed by atoms with van der Waals surface area (Å²) in [5, 5.41) is 9.87. The number of aliphatic hydroxyl groups excluding tert-OH is 1. The Morgan fingerprint density at radius 2 is 1.69 bits per heavy atom. The third-order valence-corrected chi connectivity index (χ3v) is 3.68. The highest BCUT2D eigenvalue weighted by atomic mass is 16.3. The smallest absolute Gasteiger partial charge is 0.0608 e. The molecule has 0 amide bonds. The van der Waals surface area contributed by atoms with Crippen LogP contribution in [0.15, 0.2) is 24.3 Å². The van der Waals surface area contributed by atoms with E-state index in [4.69, 9.17) is 0 Å². The molecule has 1 aliphatic rings. The Balaban J connectivity index is 2.19. The Morgan fingerprint density at radius 3 is 2.12 bits per heavy atom. The molecule has 1 N–H and O–H groups in total. The van der Waals surface area contributed by atoms with Crippen molar-refractivity contribution in [1.82, 2.24) is 0 Å². The molecule has 1 heteroatoms. The van der Waals surface area contributed by atoms with E-state index >= 15 is 0 Å². The van der Waals surface area contributed by atoms with Crippen LogP contribution in [0.3, 0.4) is 0 Å². The van der Waals surface area contributed by atoms with Gasteiger partial charge in [0.2, 0.25) is 0 Å². The fraction of sp³-hybridized carbons (Fsp3) is 0.600. The maximum absolute atomic E-state index is 9.87. The van der Waals surface area contributed by atoms with Crippen LogP contribution in [0.25, 0.3) is 0 Å². The highest BCUT2D eigenvalue weighted by molar-refractivity contribution is 5.30. The van der Waals surface area contributed by atoms with E-state index in [0.717, 1.165) is 19.3 Å². The Hall–Kier alpha value is -0.820. The van der Waals surface area contributed by atoms with E-state index in [1.807, 2.05) is 0 Å². The molecule has 0 unspecified atom stereocenters. The fourth-order valence-electron chi connectivity index (χ4n) is 2.56. The Labute approximate surface area is 98.5 Å². The van der Waals surface area contributed by atoms with Gasteiger partial charge in [-0.2, -0.15) is 0 Å². The first-order valence-electron chi connectivity index (χ1n) is 6.27. The van der Waals surface area contributed by atoms with Crippen molar-refractivity contribution < 1.29 is 5.11 Å². The van der Waals surface area contributed by atoms with Crippen LogP contribution in [-0.2, 0) is 5.41 Å². The van der Waals surface area contributed by atoms with Gasteiger partial charge in [-0.05, 0) is 29.4 Å². The van der Waals surface area contributed by atoms with Crippen molar-refractivity contribution in [1.29, 1.82) is 0 Å². The first-order valence-corrected chi connectivity index (χ1v) is 6.27. The largest absolute Gasteiger partial charge is 0.392 e. The maximum atomic E-state index is 9.87. The molecule has 16 heavy (non-hydrogen) atoms. The molecule has 0 spiro atoms. The van der Waals surface area contributed by atoms with Crippen LogP contribution in [0.1, 0.15) is 57.1 Å². The third-order valence-electron chi connectivity index (χ3n) is 3.68. The molecule has 1 aromatic carbocycles. The summed E-state index contributed by atoms with van der Waals surface area (Å²) < 4.78 is 0. The zero-order valence-electron chi connectivity index (χ0n) is 10.5. The second-order valence-electron chi connectivity index (χ2n) is 5.98. The van der Waals surface area contributed by atoms with Gasteiger partial charge in [0.25, 0.3) is 0 Å². The van der Waals surface area contributed by atoms with Crippen LogP contribution >= 0.6 is 0 Å². The average molecular weight is 218 g/mol. The van der Waals surface area contributed by atoms with Gasteiger partial charge in [-0.15, -0.1) is 0 Å². The molecule has 88 valence electrons. The molecule has 0 aliphatic heterocycles. The first-order chi connectivity index (χ1) is 7.48. The number of hydrogen-bond donors (Lipinski definition) is 1. The van der Waals surface area contributed by atoms with Gasteiger partial charge in [-0.25, -0.2) is 0 Å². The Bertz CT molecular complexity index is 345. The SMILES string of the molecule is CC(C)(C)c1ccc([C@H]2CCC[C@@H]2O)cc1. The molecule has 1 aliphatic carbocycles. The van der Waals surface area contributed by atoms with Crippen molar-refractivity contribution in [3.05, 3.63) is 35.4 Å². The minimum atomic E-state index is -0.125. The lowest BCUT2D eigenvalue weighted by atomic mass is 9.85. The minimum Gasteiger partial charge on any atom is -0.392 e. The fourth-order valence-corrected chi connectivity index (χ4v) is 2.56. The number of rotatable bonds is 1. The van der Waals surface area contributed by atoms with Crippen LogP contribution in [0, 0.1) is 0 Å². The van der Waals surface area contributed by atoms with Crippen molar-refractivity contribution in [2.24, 2.45) is 0 Å². The highest BCUT2D eigenvalue weighted by Crippen LogP contribution is 2.35. The molecule has 1 aromatic rings. The van der Waals surface area contributed by atoms with Crippen molar-refractivity contribution in [3.63, 3.8) is 0 Å². The van der Waals surface area contributed by atoms with Crippen LogP contribution < -0.4 is 0 Å². The molecule has 1 nitrogen and oxygen atoms in total. The quantitative estimate of drug-likeness (QED) is 0.763. The normalized spacial score (nSPS) is 26.0. The molecular weight excluding hydrogens is 196 g/mol. The van der Waals surface area contributed by atoms with Gasteiger partial charge in [0.05, 0.1) is 6.10 Å². The molecule has 2 atom stereocenters. The molecular formula is C15H22O. The van der Waals surface area contributed by atoms with E-state index in [-0.39, 0.29) is 11.5 Å². The van der Waals surface area contributed by atoms with Crippen LogP contribution in [0.5, 0.6) is 0 Å². The molecule has 0 radical (unpaired) electrons. The summed E-state index contributed by atoms with van der Waals surface area (Å²) in [7, 11) is 0. The van der Waals surface area contributed by atoms with E-state index < -0.39 is 0 Å². The highest BCUT2D eigenvalue weighted by Gasteiger charge is 2.26. The Kier molecular flexibility index (Phi) is 3.07. The first kappa shape index (κ1) is 11.7. The molecule has 0 bridgehead atoms. The zero-order valence-corrected chi connectivity index (χ0v) is 10.5. The summed E-state index contributed by atoms with van der Waals surface area (Å²) in [5.74, 6) is 0.369. The van der Waals surface area contributed by atoms with Crippen molar-refractivity contribution in [2.45, 2.75) is 57.5 Å². The van der Waals surface area contributed by atoms with Gasteiger partial charge in [0.15, 0.2) is 0 Å².